The Hall–Kier alpha value is -2.10. The molecule has 2 unspecified atom stereocenters. The Labute approximate surface area is 124 Å². The fourth-order valence-corrected chi connectivity index (χ4v) is 3.92. The monoisotopic (exact) mass is 284 g/mol. The van der Waals surface area contributed by atoms with E-state index in [2.05, 4.69) is 18.0 Å². The molecule has 1 aromatic heterocycles. The molecule has 1 heterocycles. The molecule has 0 aromatic carbocycles. The van der Waals surface area contributed by atoms with Gasteiger partial charge in [0.25, 0.3) is 0 Å². The molecule has 2 aliphatic carbocycles. The Morgan fingerprint density at radius 1 is 1.52 bits per heavy atom. The van der Waals surface area contributed by atoms with Gasteiger partial charge in [-0.15, -0.1) is 0 Å². The molecular formula is C17H20N2O2. The third-order valence-corrected chi connectivity index (χ3v) is 4.68. The highest BCUT2D eigenvalue weighted by Crippen LogP contribution is 2.51. The van der Waals surface area contributed by atoms with Crippen molar-refractivity contribution in [2.45, 2.75) is 32.1 Å². The molecule has 2 bridgehead atoms. The molecule has 2 N–H and O–H groups in total. The number of pyridine rings is 1. The Bertz CT molecular complexity index is 675. The molecule has 21 heavy (non-hydrogen) atoms. The number of rotatable bonds is 2. The SMILES string of the molecule is C/C=C1\C2C=C(C)CC1(C(N)=O)c1ccc(OC)nc1C2. The predicted octanol–water partition coefficient (Wildman–Crippen LogP) is 2.28. The minimum atomic E-state index is -0.745. The van der Waals surface area contributed by atoms with E-state index in [1.165, 1.54) is 5.57 Å². The van der Waals surface area contributed by atoms with Gasteiger partial charge in [-0.2, -0.15) is 0 Å². The smallest absolute Gasteiger partial charge is 0.232 e. The van der Waals surface area contributed by atoms with Crippen LogP contribution in [-0.2, 0) is 16.6 Å². The van der Waals surface area contributed by atoms with E-state index >= 15 is 0 Å². The summed E-state index contributed by atoms with van der Waals surface area (Å²) in [4.78, 5) is 17.0. The number of ether oxygens (including phenoxy) is 1. The number of amides is 1. The van der Waals surface area contributed by atoms with Crippen molar-refractivity contribution < 1.29 is 9.53 Å². The van der Waals surface area contributed by atoms with Gasteiger partial charge >= 0.3 is 0 Å². The van der Waals surface area contributed by atoms with Crippen LogP contribution in [0.2, 0.25) is 0 Å². The standard InChI is InChI=1S/C17H20N2O2/c1-4-12-11-7-10(2)9-17(12,16(18)20)13-5-6-15(21-3)19-14(13)8-11/h4-7,11H,8-9H2,1-3H3,(H2,18,20)/b12-4+. The van der Waals surface area contributed by atoms with Crippen molar-refractivity contribution in [3.63, 3.8) is 0 Å². The Morgan fingerprint density at radius 2 is 2.29 bits per heavy atom. The van der Waals surface area contributed by atoms with Crippen molar-refractivity contribution in [1.29, 1.82) is 0 Å². The molecule has 0 aliphatic heterocycles. The first-order valence-corrected chi connectivity index (χ1v) is 7.21. The van der Waals surface area contributed by atoms with Crippen molar-refractivity contribution >= 4 is 5.91 Å². The van der Waals surface area contributed by atoms with Crippen LogP contribution in [0.25, 0.3) is 0 Å². The first-order chi connectivity index (χ1) is 10.0. The van der Waals surface area contributed by atoms with E-state index in [4.69, 9.17) is 10.5 Å². The van der Waals surface area contributed by atoms with E-state index < -0.39 is 5.41 Å². The number of hydrogen-bond acceptors (Lipinski definition) is 3. The third kappa shape index (κ3) is 1.82. The van der Waals surface area contributed by atoms with Gasteiger partial charge in [-0.25, -0.2) is 4.98 Å². The summed E-state index contributed by atoms with van der Waals surface area (Å²) < 4.78 is 5.21. The lowest BCUT2D eigenvalue weighted by atomic mass is 9.57. The fourth-order valence-electron chi connectivity index (χ4n) is 3.92. The van der Waals surface area contributed by atoms with E-state index in [0.717, 1.165) is 23.3 Å². The normalized spacial score (nSPS) is 28.8. The minimum Gasteiger partial charge on any atom is -0.481 e. The van der Waals surface area contributed by atoms with E-state index in [1.54, 1.807) is 7.11 Å². The van der Waals surface area contributed by atoms with Gasteiger partial charge in [-0.1, -0.05) is 23.8 Å². The van der Waals surface area contributed by atoms with Crippen LogP contribution in [0.1, 0.15) is 31.5 Å². The quantitative estimate of drug-likeness (QED) is 0.847. The Morgan fingerprint density at radius 3 is 2.90 bits per heavy atom. The molecule has 4 nitrogen and oxygen atoms in total. The van der Waals surface area contributed by atoms with Crippen molar-refractivity contribution in [2.75, 3.05) is 7.11 Å². The second-order valence-corrected chi connectivity index (χ2v) is 5.86. The molecule has 0 spiro atoms. The average molecular weight is 284 g/mol. The fraction of sp³-hybridized carbons (Fsp3) is 0.412. The highest BCUT2D eigenvalue weighted by atomic mass is 16.5. The second-order valence-electron chi connectivity index (χ2n) is 5.86. The van der Waals surface area contributed by atoms with Crippen LogP contribution in [0.5, 0.6) is 5.88 Å². The van der Waals surface area contributed by atoms with Crippen LogP contribution >= 0.6 is 0 Å². The van der Waals surface area contributed by atoms with E-state index in [9.17, 15) is 4.79 Å². The minimum absolute atomic E-state index is 0.198. The molecule has 0 fully saturated rings. The van der Waals surface area contributed by atoms with Crippen LogP contribution in [-0.4, -0.2) is 18.0 Å². The highest BCUT2D eigenvalue weighted by molar-refractivity contribution is 5.92. The largest absolute Gasteiger partial charge is 0.481 e. The van der Waals surface area contributed by atoms with Gasteiger partial charge in [0.2, 0.25) is 11.8 Å². The predicted molar refractivity (Wildman–Crippen MR) is 81.0 cm³/mol. The maximum Gasteiger partial charge on any atom is 0.232 e. The average Bonchev–Trinajstić information content (AvgIpc) is 2.45. The van der Waals surface area contributed by atoms with Crippen LogP contribution in [0.4, 0.5) is 0 Å². The van der Waals surface area contributed by atoms with Crippen molar-refractivity contribution in [3.05, 3.63) is 46.7 Å². The summed E-state index contributed by atoms with van der Waals surface area (Å²) in [7, 11) is 1.60. The summed E-state index contributed by atoms with van der Waals surface area (Å²) in [6.45, 7) is 4.05. The number of carbonyl (C=O) groups is 1. The van der Waals surface area contributed by atoms with Crippen molar-refractivity contribution in [3.8, 4) is 5.88 Å². The molecule has 0 saturated carbocycles. The van der Waals surface area contributed by atoms with E-state index in [0.29, 0.717) is 12.3 Å². The maximum absolute atomic E-state index is 12.4. The molecule has 3 rings (SSSR count). The summed E-state index contributed by atoms with van der Waals surface area (Å²) in [5.74, 6) is 0.486. The van der Waals surface area contributed by atoms with Crippen LogP contribution in [0.15, 0.2) is 35.4 Å². The number of fused-ring (bicyclic) bond motifs is 4. The highest BCUT2D eigenvalue weighted by Gasteiger charge is 2.51. The van der Waals surface area contributed by atoms with Gasteiger partial charge in [0.15, 0.2) is 0 Å². The van der Waals surface area contributed by atoms with Crippen LogP contribution in [0.3, 0.4) is 0 Å². The molecule has 1 amide bonds. The number of methoxy groups -OCH3 is 1. The van der Waals surface area contributed by atoms with Crippen LogP contribution in [0, 0.1) is 5.92 Å². The molecule has 0 radical (unpaired) electrons. The summed E-state index contributed by atoms with van der Waals surface area (Å²) in [5, 5.41) is 0. The zero-order valence-corrected chi connectivity index (χ0v) is 12.6. The molecule has 1 aromatic rings. The molecule has 2 aliphatic rings. The molecule has 4 heteroatoms. The Balaban J connectivity index is 2.30. The van der Waals surface area contributed by atoms with Gasteiger partial charge in [0.1, 0.15) is 5.41 Å². The first-order valence-electron chi connectivity index (χ1n) is 7.21. The lowest BCUT2D eigenvalue weighted by Gasteiger charge is -2.45. The van der Waals surface area contributed by atoms with Gasteiger partial charge < -0.3 is 10.5 Å². The number of allylic oxidation sites excluding steroid dienone is 3. The number of aromatic nitrogens is 1. The lowest BCUT2D eigenvalue weighted by Crippen LogP contribution is -2.50. The third-order valence-electron chi connectivity index (χ3n) is 4.68. The summed E-state index contributed by atoms with van der Waals surface area (Å²) in [6, 6.07) is 3.76. The maximum atomic E-state index is 12.4. The van der Waals surface area contributed by atoms with Gasteiger partial charge in [-0.05, 0) is 31.4 Å². The van der Waals surface area contributed by atoms with Gasteiger partial charge in [0, 0.05) is 24.1 Å². The number of nitrogens with two attached hydrogens (primary N) is 1. The van der Waals surface area contributed by atoms with E-state index in [-0.39, 0.29) is 11.8 Å². The number of hydrogen-bond donors (Lipinski definition) is 1. The Kier molecular flexibility index (Phi) is 3.12. The number of primary amides is 1. The van der Waals surface area contributed by atoms with Crippen molar-refractivity contribution in [2.24, 2.45) is 11.7 Å². The summed E-state index contributed by atoms with van der Waals surface area (Å²) in [6.07, 6.45) is 5.71. The lowest BCUT2D eigenvalue weighted by molar-refractivity contribution is -0.122. The van der Waals surface area contributed by atoms with Crippen LogP contribution < -0.4 is 10.5 Å². The second kappa shape index (κ2) is 4.72. The van der Waals surface area contributed by atoms with Gasteiger partial charge in [0.05, 0.1) is 7.11 Å². The number of nitrogens with zero attached hydrogens (tertiary/aromatic N) is 1. The zero-order valence-electron chi connectivity index (χ0n) is 12.6. The number of carbonyl (C=O) groups excluding carboxylic acids is 1. The zero-order chi connectivity index (χ0) is 15.2. The van der Waals surface area contributed by atoms with E-state index in [1.807, 2.05) is 25.1 Å². The summed E-state index contributed by atoms with van der Waals surface area (Å²) in [5.41, 5.74) is 9.30. The molecule has 2 atom stereocenters. The first kappa shape index (κ1) is 13.9. The topological polar surface area (TPSA) is 65.2 Å². The summed E-state index contributed by atoms with van der Waals surface area (Å²) >= 11 is 0. The molecule has 110 valence electrons. The van der Waals surface area contributed by atoms with Crippen molar-refractivity contribution in [1.82, 2.24) is 4.98 Å². The van der Waals surface area contributed by atoms with Gasteiger partial charge in [-0.3, -0.25) is 4.79 Å². The molecular weight excluding hydrogens is 264 g/mol. The molecule has 0 saturated heterocycles.